The molecule has 3 heterocycles. The van der Waals surface area contributed by atoms with Crippen LogP contribution >= 0.6 is 0 Å². The van der Waals surface area contributed by atoms with Gasteiger partial charge in [0.15, 0.2) is 0 Å². The molecule has 1 saturated heterocycles. The molecule has 29 heavy (non-hydrogen) atoms. The van der Waals surface area contributed by atoms with E-state index in [0.717, 1.165) is 5.56 Å². The van der Waals surface area contributed by atoms with E-state index in [2.05, 4.69) is 20.2 Å². The molecule has 1 aromatic carbocycles. The van der Waals surface area contributed by atoms with Crippen LogP contribution in [-0.4, -0.2) is 64.3 Å². The van der Waals surface area contributed by atoms with Crippen LogP contribution in [0.15, 0.2) is 39.5 Å². The Morgan fingerprint density at radius 1 is 1.14 bits per heavy atom. The number of amides is 1. The highest BCUT2D eigenvalue weighted by Gasteiger charge is 2.25. The van der Waals surface area contributed by atoms with E-state index in [1.165, 1.54) is 0 Å². The third-order valence-electron chi connectivity index (χ3n) is 4.71. The first kappa shape index (κ1) is 18.7. The maximum Gasteiger partial charge on any atom is 0.346 e. The lowest BCUT2D eigenvalue weighted by Crippen LogP contribution is -2.49. The third-order valence-corrected chi connectivity index (χ3v) is 4.71. The fraction of sp³-hybridized carbons (Fsp3) is 0.316. The molecule has 0 unspecified atom stereocenters. The number of H-pyrrole nitrogens is 1. The lowest BCUT2D eigenvalue weighted by atomic mass is 10.1. The minimum Gasteiger partial charge on any atom is -0.497 e. The van der Waals surface area contributed by atoms with Crippen molar-refractivity contribution in [3.8, 4) is 17.0 Å². The van der Waals surface area contributed by atoms with Crippen molar-refractivity contribution < 1.29 is 13.9 Å². The van der Waals surface area contributed by atoms with Gasteiger partial charge in [0.1, 0.15) is 11.4 Å². The molecule has 10 nitrogen and oxygen atoms in total. The fourth-order valence-electron chi connectivity index (χ4n) is 3.17. The Kier molecular flexibility index (Phi) is 4.98. The average Bonchev–Trinajstić information content (AvgIpc) is 3.19. The summed E-state index contributed by atoms with van der Waals surface area (Å²) < 4.78 is 10.6. The molecule has 0 saturated carbocycles. The van der Waals surface area contributed by atoms with Crippen LogP contribution in [0.2, 0.25) is 0 Å². The molecule has 4 rings (SSSR count). The number of rotatable bonds is 4. The van der Waals surface area contributed by atoms with E-state index in [1.807, 2.05) is 4.90 Å². The fourth-order valence-corrected chi connectivity index (χ4v) is 3.17. The van der Waals surface area contributed by atoms with Crippen LogP contribution in [0, 0.1) is 6.92 Å². The van der Waals surface area contributed by atoms with Crippen molar-refractivity contribution in [2.75, 3.05) is 38.2 Å². The largest absolute Gasteiger partial charge is 0.497 e. The number of carbonyl (C=O) groups excluding carboxylic acids is 1. The average molecular weight is 396 g/mol. The van der Waals surface area contributed by atoms with Crippen LogP contribution in [-0.2, 0) is 0 Å². The highest BCUT2D eigenvalue weighted by Crippen LogP contribution is 2.21. The maximum atomic E-state index is 12.9. The Labute approximate surface area is 166 Å². The van der Waals surface area contributed by atoms with Crippen LogP contribution in [0.3, 0.4) is 0 Å². The van der Waals surface area contributed by atoms with Gasteiger partial charge in [0.05, 0.1) is 12.8 Å². The summed E-state index contributed by atoms with van der Waals surface area (Å²) in [4.78, 5) is 35.1. The van der Waals surface area contributed by atoms with E-state index in [9.17, 15) is 9.59 Å². The van der Waals surface area contributed by atoms with Gasteiger partial charge < -0.3 is 23.9 Å². The summed E-state index contributed by atoms with van der Waals surface area (Å²) in [5.41, 5.74) is 0.793. The van der Waals surface area contributed by atoms with Crippen molar-refractivity contribution in [1.29, 1.82) is 0 Å². The van der Waals surface area contributed by atoms with Crippen LogP contribution in [0.1, 0.15) is 16.4 Å². The van der Waals surface area contributed by atoms with Crippen molar-refractivity contribution in [1.82, 2.24) is 25.1 Å². The van der Waals surface area contributed by atoms with E-state index < -0.39 is 5.69 Å². The van der Waals surface area contributed by atoms with Gasteiger partial charge in [0, 0.05) is 38.7 Å². The second-order valence-electron chi connectivity index (χ2n) is 6.60. The van der Waals surface area contributed by atoms with Gasteiger partial charge in [-0.05, 0) is 30.3 Å². The molecule has 0 bridgehead atoms. The molecule has 10 heteroatoms. The van der Waals surface area contributed by atoms with Gasteiger partial charge in [0.25, 0.3) is 5.91 Å². The number of benzene rings is 1. The van der Waals surface area contributed by atoms with E-state index in [4.69, 9.17) is 9.15 Å². The molecular weight excluding hydrogens is 376 g/mol. The van der Waals surface area contributed by atoms with Crippen molar-refractivity contribution in [2.45, 2.75) is 6.92 Å². The molecular formula is C19H20N6O4. The number of anilines is 1. The number of aryl methyl sites for hydroxylation is 1. The summed E-state index contributed by atoms with van der Waals surface area (Å²) in [6, 6.07) is 9.18. The number of ether oxygens (including phenoxy) is 1. The molecule has 0 atom stereocenters. The smallest absolute Gasteiger partial charge is 0.346 e. The Balaban J connectivity index is 1.50. The molecule has 1 aliphatic rings. The first-order valence-electron chi connectivity index (χ1n) is 9.13. The van der Waals surface area contributed by atoms with Crippen molar-refractivity contribution in [3.63, 3.8) is 0 Å². The molecule has 1 N–H and O–H groups in total. The first-order chi connectivity index (χ1) is 14.0. The predicted octanol–water partition coefficient (Wildman–Crippen LogP) is 1.10. The standard InChI is InChI=1S/C19H20N6O4/c1-12-22-23-19(29-12)25-9-7-24(8-10-25)17(26)16-11-15(20-18(27)21-16)13-3-5-14(28-2)6-4-13/h3-6,11H,7-10H2,1-2H3,(H,20,21,27). The van der Waals surface area contributed by atoms with E-state index in [-0.39, 0.29) is 11.6 Å². The summed E-state index contributed by atoms with van der Waals surface area (Å²) in [6.07, 6.45) is 0. The van der Waals surface area contributed by atoms with Crippen LogP contribution in [0.5, 0.6) is 5.75 Å². The number of hydrogen-bond acceptors (Lipinski definition) is 8. The number of nitrogens with one attached hydrogen (secondary N) is 1. The minimum atomic E-state index is -0.568. The highest BCUT2D eigenvalue weighted by molar-refractivity contribution is 5.93. The van der Waals surface area contributed by atoms with Gasteiger partial charge in [-0.1, -0.05) is 5.10 Å². The van der Waals surface area contributed by atoms with Crippen molar-refractivity contribution in [3.05, 3.63) is 52.4 Å². The van der Waals surface area contributed by atoms with Gasteiger partial charge in [-0.25, -0.2) is 4.79 Å². The number of methoxy groups -OCH3 is 1. The first-order valence-corrected chi connectivity index (χ1v) is 9.13. The molecule has 0 spiro atoms. The van der Waals surface area contributed by atoms with Crippen LogP contribution in [0.4, 0.5) is 6.01 Å². The number of hydrogen-bond donors (Lipinski definition) is 1. The van der Waals surface area contributed by atoms with Crippen molar-refractivity contribution >= 4 is 11.9 Å². The molecule has 0 radical (unpaired) electrons. The maximum absolute atomic E-state index is 12.9. The quantitative estimate of drug-likeness (QED) is 0.697. The molecule has 150 valence electrons. The zero-order valence-electron chi connectivity index (χ0n) is 16.1. The zero-order valence-corrected chi connectivity index (χ0v) is 16.1. The molecule has 2 aromatic heterocycles. The number of aromatic amines is 1. The summed E-state index contributed by atoms with van der Waals surface area (Å²) >= 11 is 0. The second-order valence-corrected chi connectivity index (χ2v) is 6.60. The Bertz CT molecular complexity index is 1070. The molecule has 1 fully saturated rings. The highest BCUT2D eigenvalue weighted by atomic mass is 16.5. The van der Waals surface area contributed by atoms with Crippen LogP contribution in [0.25, 0.3) is 11.3 Å². The van der Waals surface area contributed by atoms with E-state index >= 15 is 0 Å². The van der Waals surface area contributed by atoms with E-state index in [1.54, 1.807) is 49.3 Å². The van der Waals surface area contributed by atoms with Gasteiger partial charge >= 0.3 is 11.7 Å². The topological polar surface area (TPSA) is 117 Å². The minimum absolute atomic E-state index is 0.206. The lowest BCUT2D eigenvalue weighted by Gasteiger charge is -2.33. The Morgan fingerprint density at radius 3 is 2.48 bits per heavy atom. The van der Waals surface area contributed by atoms with Gasteiger partial charge in [-0.2, -0.15) is 4.98 Å². The van der Waals surface area contributed by atoms with Crippen molar-refractivity contribution in [2.24, 2.45) is 0 Å². The predicted molar refractivity (Wildman–Crippen MR) is 104 cm³/mol. The number of carbonyl (C=O) groups is 1. The summed E-state index contributed by atoms with van der Waals surface area (Å²) in [5.74, 6) is 0.948. The van der Waals surface area contributed by atoms with E-state index in [0.29, 0.717) is 49.5 Å². The number of piperazine rings is 1. The van der Waals surface area contributed by atoms with Crippen LogP contribution < -0.4 is 15.3 Å². The summed E-state index contributed by atoms with van der Waals surface area (Å²) in [7, 11) is 1.58. The second kappa shape index (κ2) is 7.74. The summed E-state index contributed by atoms with van der Waals surface area (Å²) in [5, 5.41) is 7.84. The van der Waals surface area contributed by atoms with Gasteiger partial charge in [-0.3, -0.25) is 4.79 Å². The third kappa shape index (κ3) is 3.96. The molecule has 1 aliphatic heterocycles. The lowest BCUT2D eigenvalue weighted by molar-refractivity contribution is 0.0738. The Morgan fingerprint density at radius 2 is 1.86 bits per heavy atom. The molecule has 1 amide bonds. The summed E-state index contributed by atoms with van der Waals surface area (Å²) in [6.45, 7) is 3.81. The monoisotopic (exact) mass is 396 g/mol. The number of aromatic nitrogens is 4. The zero-order chi connectivity index (χ0) is 20.4. The molecule has 0 aliphatic carbocycles. The van der Waals surface area contributed by atoms with Gasteiger partial charge in [-0.15, -0.1) is 5.10 Å². The van der Waals surface area contributed by atoms with Gasteiger partial charge in [0.2, 0.25) is 5.89 Å². The Hall–Kier alpha value is -3.69. The SMILES string of the molecule is COc1ccc(-c2cc(C(=O)N3CCN(c4nnc(C)o4)CC3)[nH]c(=O)n2)cc1. The number of nitrogens with zero attached hydrogens (tertiary/aromatic N) is 5. The molecule has 3 aromatic rings. The normalized spacial score (nSPS) is 14.1.